The Bertz CT molecular complexity index is 413. The monoisotopic (exact) mass is 233 g/mol. The average molecular weight is 233 g/mol. The van der Waals surface area contributed by atoms with Crippen molar-refractivity contribution in [1.82, 2.24) is 0 Å². The maximum Gasteiger partial charge on any atom is 0.123 e. The van der Waals surface area contributed by atoms with Crippen LogP contribution in [-0.4, -0.2) is 13.2 Å². The summed E-state index contributed by atoms with van der Waals surface area (Å²) in [5.41, 5.74) is 7.62. The third kappa shape index (κ3) is 1.58. The van der Waals surface area contributed by atoms with Crippen LogP contribution in [0.4, 0.5) is 0 Å². The number of benzene rings is 1. The zero-order valence-electron chi connectivity index (χ0n) is 11.3. The van der Waals surface area contributed by atoms with Gasteiger partial charge < -0.3 is 10.5 Å². The van der Waals surface area contributed by atoms with Crippen LogP contribution in [0.5, 0.6) is 5.75 Å². The fourth-order valence-electron chi connectivity index (χ4n) is 3.34. The lowest BCUT2D eigenvalue weighted by atomic mass is 9.89. The van der Waals surface area contributed by atoms with Crippen LogP contribution in [0.25, 0.3) is 0 Å². The normalized spacial score (nSPS) is 30.1. The van der Waals surface area contributed by atoms with Crippen LogP contribution in [0.1, 0.15) is 33.3 Å². The second kappa shape index (κ2) is 4.02. The lowest BCUT2D eigenvalue weighted by molar-refractivity contribution is 0.330. The highest BCUT2D eigenvalue weighted by Gasteiger charge is 2.68. The third-order valence-corrected chi connectivity index (χ3v) is 4.81. The molecule has 1 aliphatic carbocycles. The largest absolute Gasteiger partial charge is 0.494 e. The van der Waals surface area contributed by atoms with Crippen LogP contribution in [0.3, 0.4) is 0 Å². The van der Waals surface area contributed by atoms with Crippen molar-refractivity contribution >= 4 is 0 Å². The van der Waals surface area contributed by atoms with Gasteiger partial charge in [-0.3, -0.25) is 0 Å². The summed E-state index contributed by atoms with van der Waals surface area (Å²) in [5, 5.41) is 0. The number of para-hydroxylation sites is 1. The highest BCUT2D eigenvalue weighted by Crippen LogP contribution is 2.69. The van der Waals surface area contributed by atoms with Gasteiger partial charge in [0, 0.05) is 11.0 Å². The zero-order valence-corrected chi connectivity index (χ0v) is 11.3. The van der Waals surface area contributed by atoms with Gasteiger partial charge in [0.15, 0.2) is 0 Å². The Morgan fingerprint density at radius 3 is 2.41 bits per heavy atom. The first kappa shape index (κ1) is 12.4. The summed E-state index contributed by atoms with van der Waals surface area (Å²) < 4.78 is 5.75. The van der Waals surface area contributed by atoms with Crippen LogP contribution < -0.4 is 10.5 Å². The van der Waals surface area contributed by atoms with Crippen LogP contribution in [0.2, 0.25) is 0 Å². The number of hydrogen-bond donors (Lipinski definition) is 1. The molecule has 1 aromatic carbocycles. The maximum atomic E-state index is 5.91. The molecule has 0 radical (unpaired) electrons. The summed E-state index contributed by atoms with van der Waals surface area (Å²) in [4.78, 5) is 0. The van der Waals surface area contributed by atoms with Crippen molar-refractivity contribution in [1.29, 1.82) is 0 Å². The molecular weight excluding hydrogens is 210 g/mol. The molecule has 0 aromatic heterocycles. The van der Waals surface area contributed by atoms with Gasteiger partial charge in [0.05, 0.1) is 6.61 Å². The van der Waals surface area contributed by atoms with Gasteiger partial charge in [-0.1, -0.05) is 39.0 Å². The Labute approximate surface area is 104 Å². The Kier molecular flexibility index (Phi) is 2.94. The molecule has 2 heteroatoms. The van der Waals surface area contributed by atoms with Crippen molar-refractivity contribution in [2.75, 3.05) is 13.2 Å². The predicted octanol–water partition coefficient (Wildman–Crippen LogP) is 2.96. The van der Waals surface area contributed by atoms with E-state index in [1.807, 2.05) is 13.0 Å². The van der Waals surface area contributed by atoms with Gasteiger partial charge in [-0.15, -0.1) is 0 Å². The van der Waals surface area contributed by atoms with E-state index < -0.39 is 0 Å². The van der Waals surface area contributed by atoms with Crippen LogP contribution in [0, 0.1) is 11.3 Å². The van der Waals surface area contributed by atoms with Gasteiger partial charge in [-0.25, -0.2) is 0 Å². The predicted molar refractivity (Wildman–Crippen MR) is 71.3 cm³/mol. The molecule has 0 heterocycles. The summed E-state index contributed by atoms with van der Waals surface area (Å²) in [6.07, 6.45) is 0. The molecule has 0 amide bonds. The summed E-state index contributed by atoms with van der Waals surface area (Å²) in [6, 6.07) is 8.37. The highest BCUT2D eigenvalue weighted by atomic mass is 16.5. The quantitative estimate of drug-likeness (QED) is 0.867. The van der Waals surface area contributed by atoms with Crippen LogP contribution in [0.15, 0.2) is 24.3 Å². The van der Waals surface area contributed by atoms with Gasteiger partial charge in [0.25, 0.3) is 0 Å². The Balaban J connectivity index is 2.42. The molecule has 1 aromatic rings. The summed E-state index contributed by atoms with van der Waals surface area (Å²) in [6.45, 7) is 10.4. The van der Waals surface area contributed by atoms with Crippen molar-refractivity contribution in [3.8, 4) is 5.75 Å². The first-order chi connectivity index (χ1) is 8.00. The SMILES string of the molecule is CCOc1ccccc1C1(C)C(CN)C1(C)C. The Morgan fingerprint density at radius 2 is 1.88 bits per heavy atom. The van der Waals surface area contributed by atoms with Crippen molar-refractivity contribution in [2.24, 2.45) is 17.1 Å². The minimum atomic E-state index is 0.146. The van der Waals surface area contributed by atoms with Gasteiger partial charge in [0.2, 0.25) is 0 Å². The van der Waals surface area contributed by atoms with E-state index >= 15 is 0 Å². The standard InChI is InChI=1S/C15H23NO/c1-5-17-12-9-7-6-8-11(12)15(4)13(10-16)14(15,2)3/h6-9,13H,5,10,16H2,1-4H3. The topological polar surface area (TPSA) is 35.2 Å². The fraction of sp³-hybridized carbons (Fsp3) is 0.600. The smallest absolute Gasteiger partial charge is 0.123 e. The molecule has 0 bridgehead atoms. The minimum Gasteiger partial charge on any atom is -0.494 e. The Morgan fingerprint density at radius 1 is 1.24 bits per heavy atom. The van der Waals surface area contributed by atoms with Gasteiger partial charge in [0.1, 0.15) is 5.75 Å². The lowest BCUT2D eigenvalue weighted by Gasteiger charge is -2.19. The van der Waals surface area contributed by atoms with Crippen LogP contribution in [-0.2, 0) is 5.41 Å². The third-order valence-electron chi connectivity index (χ3n) is 4.81. The highest BCUT2D eigenvalue weighted by molar-refractivity contribution is 5.47. The van der Waals surface area contributed by atoms with Crippen molar-refractivity contribution in [3.63, 3.8) is 0 Å². The first-order valence-corrected chi connectivity index (χ1v) is 6.42. The summed E-state index contributed by atoms with van der Waals surface area (Å²) in [7, 11) is 0. The van der Waals surface area contributed by atoms with E-state index in [1.165, 1.54) is 5.56 Å². The van der Waals surface area contributed by atoms with Crippen molar-refractivity contribution in [3.05, 3.63) is 29.8 Å². The van der Waals surface area contributed by atoms with Crippen LogP contribution >= 0.6 is 0 Å². The van der Waals surface area contributed by atoms with Gasteiger partial charge >= 0.3 is 0 Å². The molecule has 2 unspecified atom stereocenters. The molecular formula is C15H23NO. The van der Waals surface area contributed by atoms with Gasteiger partial charge in [-0.2, -0.15) is 0 Å². The number of nitrogens with two attached hydrogens (primary N) is 1. The molecule has 2 nitrogen and oxygen atoms in total. The van der Waals surface area contributed by atoms with Crippen molar-refractivity contribution < 1.29 is 4.74 Å². The first-order valence-electron chi connectivity index (χ1n) is 6.42. The van der Waals surface area contributed by atoms with Crippen molar-refractivity contribution in [2.45, 2.75) is 33.1 Å². The second-order valence-corrected chi connectivity index (χ2v) is 5.64. The number of rotatable bonds is 4. The van der Waals surface area contributed by atoms with E-state index in [-0.39, 0.29) is 10.8 Å². The summed E-state index contributed by atoms with van der Waals surface area (Å²) >= 11 is 0. The molecule has 17 heavy (non-hydrogen) atoms. The Hall–Kier alpha value is -1.02. The zero-order chi connectivity index (χ0) is 12.7. The van der Waals surface area contributed by atoms with Gasteiger partial charge in [-0.05, 0) is 30.9 Å². The van der Waals surface area contributed by atoms with E-state index in [0.29, 0.717) is 12.5 Å². The molecule has 1 fully saturated rings. The van der Waals surface area contributed by atoms with E-state index in [1.54, 1.807) is 0 Å². The molecule has 0 aliphatic heterocycles. The molecule has 94 valence electrons. The van der Waals surface area contributed by atoms with E-state index in [4.69, 9.17) is 10.5 Å². The molecule has 1 saturated carbocycles. The van der Waals surface area contributed by atoms with E-state index in [9.17, 15) is 0 Å². The molecule has 1 aliphatic rings. The lowest BCUT2D eigenvalue weighted by Crippen LogP contribution is -2.14. The molecule has 2 atom stereocenters. The van der Waals surface area contributed by atoms with E-state index in [2.05, 4.69) is 39.0 Å². The van der Waals surface area contributed by atoms with E-state index in [0.717, 1.165) is 12.3 Å². The molecule has 0 saturated heterocycles. The second-order valence-electron chi connectivity index (χ2n) is 5.64. The fourth-order valence-corrected chi connectivity index (χ4v) is 3.34. The number of hydrogen-bond acceptors (Lipinski definition) is 2. The molecule has 2 N–H and O–H groups in total. The summed E-state index contributed by atoms with van der Waals surface area (Å²) in [5.74, 6) is 1.55. The average Bonchev–Trinajstić information content (AvgIpc) is 2.74. The minimum absolute atomic E-state index is 0.146. The molecule has 0 spiro atoms. The maximum absolute atomic E-state index is 5.91. The number of ether oxygens (including phenoxy) is 1. The molecule has 2 rings (SSSR count).